The fourth-order valence-electron chi connectivity index (χ4n) is 3.33. The van der Waals surface area contributed by atoms with Crippen molar-refractivity contribution in [3.63, 3.8) is 0 Å². The monoisotopic (exact) mass is 330 g/mol. The summed E-state index contributed by atoms with van der Waals surface area (Å²) in [6, 6.07) is 14.5. The predicted octanol–water partition coefficient (Wildman–Crippen LogP) is 3.28. The van der Waals surface area contributed by atoms with Crippen molar-refractivity contribution in [3.05, 3.63) is 64.2 Å². The molecule has 3 nitrogen and oxygen atoms in total. The second-order valence-electron chi connectivity index (χ2n) is 6.10. The molecule has 2 atom stereocenters. The average molecular weight is 331 g/mol. The summed E-state index contributed by atoms with van der Waals surface area (Å²) in [5.74, 6) is 1.13. The van der Waals surface area contributed by atoms with Crippen molar-refractivity contribution < 1.29 is 4.74 Å². The molecule has 1 aliphatic rings. The summed E-state index contributed by atoms with van der Waals surface area (Å²) in [6.07, 6.45) is 2.88. The van der Waals surface area contributed by atoms with Crippen molar-refractivity contribution in [2.75, 3.05) is 13.2 Å². The molecule has 2 aromatic rings. The van der Waals surface area contributed by atoms with Gasteiger partial charge in [0.25, 0.3) is 0 Å². The third-order valence-corrected chi connectivity index (χ3v) is 4.93. The first-order valence-corrected chi connectivity index (χ1v) is 8.51. The standard InChI is InChI=1S/C19H23ClN2O/c20-18-4-2-1-3-14(18)11-17-16-12-15(23-10-9-21)7-5-13(16)6-8-19(17)22/h1-5,7,12,17,19H,6,8-11,21-22H2. The number of rotatable bonds is 5. The Kier molecular flexibility index (Phi) is 5.21. The van der Waals surface area contributed by atoms with Crippen LogP contribution in [0.3, 0.4) is 0 Å². The highest BCUT2D eigenvalue weighted by molar-refractivity contribution is 6.31. The Bertz CT molecular complexity index is 674. The van der Waals surface area contributed by atoms with Gasteiger partial charge in [0.05, 0.1) is 0 Å². The fourth-order valence-corrected chi connectivity index (χ4v) is 3.54. The van der Waals surface area contributed by atoms with Crippen LogP contribution in [0.25, 0.3) is 0 Å². The van der Waals surface area contributed by atoms with Crippen molar-refractivity contribution >= 4 is 11.6 Å². The fraction of sp³-hybridized carbons (Fsp3) is 0.368. The lowest BCUT2D eigenvalue weighted by Gasteiger charge is -2.32. The molecule has 0 amide bonds. The number of fused-ring (bicyclic) bond motifs is 1. The minimum Gasteiger partial charge on any atom is -0.492 e. The lowest BCUT2D eigenvalue weighted by Crippen LogP contribution is -2.34. The van der Waals surface area contributed by atoms with Crippen LogP contribution in [0.5, 0.6) is 5.75 Å². The number of halogens is 1. The molecule has 4 heteroatoms. The van der Waals surface area contributed by atoms with Gasteiger partial charge in [0.1, 0.15) is 12.4 Å². The number of nitrogens with two attached hydrogens (primary N) is 2. The van der Waals surface area contributed by atoms with E-state index in [2.05, 4.69) is 18.2 Å². The van der Waals surface area contributed by atoms with Gasteiger partial charge in [-0.1, -0.05) is 35.9 Å². The van der Waals surface area contributed by atoms with E-state index < -0.39 is 0 Å². The summed E-state index contributed by atoms with van der Waals surface area (Å²) < 4.78 is 5.69. The SMILES string of the molecule is NCCOc1ccc2c(c1)C(Cc1ccccc1Cl)C(N)CC2. The lowest BCUT2D eigenvalue weighted by molar-refractivity contribution is 0.327. The number of benzene rings is 2. The highest BCUT2D eigenvalue weighted by Crippen LogP contribution is 2.36. The first-order valence-electron chi connectivity index (χ1n) is 8.13. The smallest absolute Gasteiger partial charge is 0.119 e. The third kappa shape index (κ3) is 3.69. The highest BCUT2D eigenvalue weighted by Gasteiger charge is 2.28. The molecule has 0 saturated heterocycles. The zero-order chi connectivity index (χ0) is 16.2. The van der Waals surface area contributed by atoms with Gasteiger partial charge in [0.15, 0.2) is 0 Å². The number of aryl methyl sites for hydroxylation is 1. The molecule has 0 bridgehead atoms. The summed E-state index contributed by atoms with van der Waals surface area (Å²) >= 11 is 6.34. The minimum absolute atomic E-state index is 0.142. The molecule has 0 spiro atoms. The summed E-state index contributed by atoms with van der Waals surface area (Å²) in [6.45, 7) is 1.04. The molecule has 2 unspecified atom stereocenters. The first-order chi connectivity index (χ1) is 11.2. The Morgan fingerprint density at radius 2 is 2.00 bits per heavy atom. The van der Waals surface area contributed by atoms with Gasteiger partial charge in [-0.2, -0.15) is 0 Å². The van der Waals surface area contributed by atoms with Gasteiger partial charge in [0, 0.05) is 23.5 Å². The van der Waals surface area contributed by atoms with Gasteiger partial charge in [-0.25, -0.2) is 0 Å². The zero-order valence-electron chi connectivity index (χ0n) is 13.2. The number of hydrogen-bond donors (Lipinski definition) is 2. The minimum atomic E-state index is 0.142. The number of hydrogen-bond acceptors (Lipinski definition) is 3. The Labute approximate surface area is 142 Å². The Balaban J connectivity index is 1.90. The van der Waals surface area contributed by atoms with Crippen molar-refractivity contribution in [1.82, 2.24) is 0 Å². The normalized spacial score (nSPS) is 20.1. The van der Waals surface area contributed by atoms with Gasteiger partial charge in [-0.3, -0.25) is 0 Å². The predicted molar refractivity (Wildman–Crippen MR) is 95.2 cm³/mol. The number of ether oxygens (including phenoxy) is 1. The van der Waals surface area contributed by atoms with Crippen molar-refractivity contribution in [1.29, 1.82) is 0 Å². The summed E-state index contributed by atoms with van der Waals surface area (Å²) in [4.78, 5) is 0. The Morgan fingerprint density at radius 1 is 1.17 bits per heavy atom. The molecule has 122 valence electrons. The van der Waals surface area contributed by atoms with Crippen LogP contribution in [0.1, 0.15) is 29.0 Å². The molecule has 0 heterocycles. The first kappa shape index (κ1) is 16.3. The van der Waals surface area contributed by atoms with Gasteiger partial charge >= 0.3 is 0 Å². The molecule has 23 heavy (non-hydrogen) atoms. The Morgan fingerprint density at radius 3 is 2.78 bits per heavy atom. The third-order valence-electron chi connectivity index (χ3n) is 4.56. The molecule has 1 aliphatic carbocycles. The molecule has 0 fully saturated rings. The zero-order valence-corrected chi connectivity index (χ0v) is 13.9. The second-order valence-corrected chi connectivity index (χ2v) is 6.51. The Hall–Kier alpha value is -1.55. The maximum absolute atomic E-state index is 6.44. The van der Waals surface area contributed by atoms with Crippen LogP contribution in [0, 0.1) is 0 Å². The van der Waals surface area contributed by atoms with Crippen molar-refractivity contribution in [2.24, 2.45) is 11.5 Å². The topological polar surface area (TPSA) is 61.3 Å². The second kappa shape index (κ2) is 7.35. The van der Waals surface area contributed by atoms with E-state index in [1.165, 1.54) is 11.1 Å². The summed E-state index contributed by atoms with van der Waals surface area (Å²) in [5, 5.41) is 0.808. The molecule has 3 rings (SSSR count). The maximum atomic E-state index is 6.44. The van der Waals surface area contributed by atoms with E-state index in [0.717, 1.165) is 35.6 Å². The van der Waals surface area contributed by atoms with Gasteiger partial charge < -0.3 is 16.2 Å². The molecule has 0 saturated carbocycles. The van der Waals surface area contributed by atoms with E-state index in [1.807, 2.05) is 24.3 Å². The van der Waals surface area contributed by atoms with Crippen LogP contribution < -0.4 is 16.2 Å². The van der Waals surface area contributed by atoms with Crippen LogP contribution in [-0.4, -0.2) is 19.2 Å². The van der Waals surface area contributed by atoms with Crippen LogP contribution in [0.15, 0.2) is 42.5 Å². The lowest BCUT2D eigenvalue weighted by atomic mass is 9.76. The van der Waals surface area contributed by atoms with Crippen LogP contribution in [-0.2, 0) is 12.8 Å². The quantitative estimate of drug-likeness (QED) is 0.884. The van der Waals surface area contributed by atoms with E-state index in [1.54, 1.807) is 0 Å². The maximum Gasteiger partial charge on any atom is 0.119 e. The van der Waals surface area contributed by atoms with Gasteiger partial charge in [-0.05, 0) is 54.2 Å². The van der Waals surface area contributed by atoms with E-state index in [4.69, 9.17) is 27.8 Å². The van der Waals surface area contributed by atoms with Gasteiger partial charge in [0.2, 0.25) is 0 Å². The molecule has 0 aromatic heterocycles. The molecule has 0 radical (unpaired) electrons. The van der Waals surface area contributed by atoms with Crippen LogP contribution in [0.4, 0.5) is 0 Å². The van der Waals surface area contributed by atoms with Crippen LogP contribution in [0.2, 0.25) is 5.02 Å². The summed E-state index contributed by atoms with van der Waals surface area (Å²) in [7, 11) is 0. The van der Waals surface area contributed by atoms with Crippen molar-refractivity contribution in [2.45, 2.75) is 31.2 Å². The largest absolute Gasteiger partial charge is 0.492 e. The highest BCUT2D eigenvalue weighted by atomic mass is 35.5. The molecular formula is C19H23ClN2O. The average Bonchev–Trinajstić information content (AvgIpc) is 2.57. The molecule has 4 N–H and O–H groups in total. The summed E-state index contributed by atoms with van der Waals surface area (Å²) in [5.41, 5.74) is 15.8. The van der Waals surface area contributed by atoms with Gasteiger partial charge in [-0.15, -0.1) is 0 Å². The van der Waals surface area contributed by atoms with E-state index >= 15 is 0 Å². The molecular weight excluding hydrogens is 308 g/mol. The van der Waals surface area contributed by atoms with Crippen LogP contribution >= 0.6 is 11.6 Å². The van der Waals surface area contributed by atoms with E-state index in [9.17, 15) is 0 Å². The molecule has 0 aliphatic heterocycles. The molecule has 2 aromatic carbocycles. The van der Waals surface area contributed by atoms with E-state index in [0.29, 0.717) is 13.2 Å². The van der Waals surface area contributed by atoms with E-state index in [-0.39, 0.29) is 12.0 Å². The van der Waals surface area contributed by atoms with Crippen molar-refractivity contribution in [3.8, 4) is 5.75 Å².